The van der Waals surface area contributed by atoms with Gasteiger partial charge in [0.15, 0.2) is 0 Å². The van der Waals surface area contributed by atoms with E-state index >= 15 is 0 Å². The second kappa shape index (κ2) is 8.10. The SMILES string of the molecule is Cc1cccc(C)c1NC(=O)CN1C(=O)N[C@](C)(c2ccc(OC(F)F)cc2)C1=O. The Labute approximate surface area is 172 Å². The first kappa shape index (κ1) is 21.2. The fraction of sp³-hybridized carbons (Fsp3) is 0.286. The van der Waals surface area contributed by atoms with Crippen molar-refractivity contribution < 1.29 is 27.9 Å². The highest BCUT2D eigenvalue weighted by Gasteiger charge is 2.49. The molecule has 1 saturated heterocycles. The molecule has 7 nitrogen and oxygen atoms in total. The van der Waals surface area contributed by atoms with Crippen molar-refractivity contribution >= 4 is 23.5 Å². The number of nitrogens with zero attached hydrogens (tertiary/aromatic N) is 1. The van der Waals surface area contributed by atoms with E-state index in [1.807, 2.05) is 32.0 Å². The van der Waals surface area contributed by atoms with Crippen LogP contribution in [0.3, 0.4) is 0 Å². The second-order valence-electron chi connectivity index (χ2n) is 7.16. The number of rotatable bonds is 6. The van der Waals surface area contributed by atoms with Crippen molar-refractivity contribution in [2.24, 2.45) is 0 Å². The van der Waals surface area contributed by atoms with E-state index < -0.39 is 36.5 Å². The molecule has 1 atom stereocenters. The third-order valence-corrected chi connectivity index (χ3v) is 4.98. The zero-order chi connectivity index (χ0) is 22.1. The van der Waals surface area contributed by atoms with Crippen molar-refractivity contribution in [3.63, 3.8) is 0 Å². The number of carbonyl (C=O) groups excluding carboxylic acids is 3. The molecule has 0 bridgehead atoms. The Hall–Kier alpha value is -3.49. The van der Waals surface area contributed by atoms with Gasteiger partial charge in [-0.15, -0.1) is 0 Å². The maximum absolute atomic E-state index is 12.9. The zero-order valence-corrected chi connectivity index (χ0v) is 16.7. The molecule has 9 heteroatoms. The molecule has 4 amide bonds. The van der Waals surface area contributed by atoms with E-state index in [9.17, 15) is 23.2 Å². The number of imide groups is 1. The number of nitrogens with one attached hydrogen (secondary N) is 2. The Morgan fingerprint density at radius 2 is 1.73 bits per heavy atom. The summed E-state index contributed by atoms with van der Waals surface area (Å²) >= 11 is 0. The molecule has 3 rings (SSSR count). The van der Waals surface area contributed by atoms with E-state index in [-0.39, 0.29) is 5.75 Å². The zero-order valence-electron chi connectivity index (χ0n) is 16.7. The van der Waals surface area contributed by atoms with Crippen LogP contribution < -0.4 is 15.4 Å². The maximum atomic E-state index is 12.9. The monoisotopic (exact) mass is 417 g/mol. The lowest BCUT2D eigenvalue weighted by Crippen LogP contribution is -2.42. The van der Waals surface area contributed by atoms with Gasteiger partial charge in [0, 0.05) is 5.69 Å². The molecule has 0 aliphatic carbocycles. The van der Waals surface area contributed by atoms with Crippen LogP contribution in [0.4, 0.5) is 19.3 Å². The predicted molar refractivity (Wildman–Crippen MR) is 105 cm³/mol. The fourth-order valence-corrected chi connectivity index (χ4v) is 3.34. The highest BCUT2D eigenvalue weighted by Crippen LogP contribution is 2.30. The van der Waals surface area contributed by atoms with E-state index in [1.165, 1.54) is 31.2 Å². The summed E-state index contributed by atoms with van der Waals surface area (Å²) in [5.74, 6) is -1.20. The Balaban J connectivity index is 1.74. The first-order valence-electron chi connectivity index (χ1n) is 9.17. The molecule has 0 radical (unpaired) electrons. The average molecular weight is 417 g/mol. The quantitative estimate of drug-likeness (QED) is 0.706. The minimum atomic E-state index is -2.97. The number of hydrogen-bond acceptors (Lipinski definition) is 4. The summed E-state index contributed by atoms with van der Waals surface area (Å²) in [5.41, 5.74) is 1.29. The number of benzene rings is 2. The van der Waals surface area contributed by atoms with Crippen molar-refractivity contribution in [2.45, 2.75) is 32.9 Å². The Morgan fingerprint density at radius 1 is 1.13 bits per heavy atom. The number of anilines is 1. The summed E-state index contributed by atoms with van der Waals surface area (Å²) in [6.07, 6.45) is 0. The summed E-state index contributed by atoms with van der Waals surface area (Å²) in [7, 11) is 0. The smallest absolute Gasteiger partial charge is 0.387 e. The van der Waals surface area contributed by atoms with E-state index in [0.29, 0.717) is 11.3 Å². The van der Waals surface area contributed by atoms with Crippen LogP contribution in [0.15, 0.2) is 42.5 Å². The molecule has 30 heavy (non-hydrogen) atoms. The number of urea groups is 1. The van der Waals surface area contributed by atoms with Crippen LogP contribution in [0.25, 0.3) is 0 Å². The Morgan fingerprint density at radius 3 is 2.30 bits per heavy atom. The van der Waals surface area contributed by atoms with Gasteiger partial charge in [0.25, 0.3) is 5.91 Å². The van der Waals surface area contributed by atoms with Crippen LogP contribution in [0, 0.1) is 13.8 Å². The van der Waals surface area contributed by atoms with Crippen molar-refractivity contribution in [3.8, 4) is 5.75 Å². The largest absolute Gasteiger partial charge is 0.435 e. The molecule has 0 saturated carbocycles. The third-order valence-electron chi connectivity index (χ3n) is 4.98. The van der Waals surface area contributed by atoms with Gasteiger partial charge in [0.05, 0.1) is 0 Å². The fourth-order valence-electron chi connectivity index (χ4n) is 3.34. The highest BCUT2D eigenvalue weighted by molar-refractivity contribution is 6.10. The second-order valence-corrected chi connectivity index (χ2v) is 7.16. The number of alkyl halides is 2. The number of para-hydroxylation sites is 1. The van der Waals surface area contributed by atoms with Crippen LogP contribution in [0.2, 0.25) is 0 Å². The minimum absolute atomic E-state index is 0.0704. The van der Waals surface area contributed by atoms with E-state index in [2.05, 4.69) is 15.4 Å². The first-order chi connectivity index (χ1) is 14.1. The van der Waals surface area contributed by atoms with Crippen LogP contribution >= 0.6 is 0 Å². The first-order valence-corrected chi connectivity index (χ1v) is 9.17. The molecule has 1 fully saturated rings. The Bertz CT molecular complexity index is 974. The number of halogens is 2. The lowest BCUT2D eigenvalue weighted by molar-refractivity contribution is -0.133. The average Bonchev–Trinajstić information content (AvgIpc) is 2.89. The molecule has 1 aliphatic rings. The van der Waals surface area contributed by atoms with Crippen LogP contribution in [0.1, 0.15) is 23.6 Å². The van der Waals surface area contributed by atoms with E-state index in [4.69, 9.17) is 0 Å². The molecule has 0 aromatic heterocycles. The summed E-state index contributed by atoms with van der Waals surface area (Å²) in [5, 5.41) is 5.31. The topological polar surface area (TPSA) is 87.7 Å². The lowest BCUT2D eigenvalue weighted by Gasteiger charge is -2.22. The van der Waals surface area contributed by atoms with Crippen molar-refractivity contribution in [1.82, 2.24) is 10.2 Å². The number of carbonyl (C=O) groups is 3. The van der Waals surface area contributed by atoms with Gasteiger partial charge < -0.3 is 15.4 Å². The number of aryl methyl sites for hydroxylation is 2. The van der Waals surface area contributed by atoms with Gasteiger partial charge in [-0.3, -0.25) is 14.5 Å². The van der Waals surface area contributed by atoms with Gasteiger partial charge in [0.1, 0.15) is 17.8 Å². The molecule has 2 aromatic carbocycles. The summed E-state index contributed by atoms with van der Waals surface area (Å²) in [6, 6.07) is 10.2. The predicted octanol–water partition coefficient (Wildman–Crippen LogP) is 3.31. The van der Waals surface area contributed by atoms with Crippen LogP contribution in [0.5, 0.6) is 5.75 Å². The summed E-state index contributed by atoms with van der Waals surface area (Å²) in [4.78, 5) is 38.6. The molecule has 0 unspecified atom stereocenters. The van der Waals surface area contributed by atoms with Gasteiger partial charge in [0.2, 0.25) is 5.91 Å². The molecule has 158 valence electrons. The van der Waals surface area contributed by atoms with Gasteiger partial charge in [-0.2, -0.15) is 8.78 Å². The third kappa shape index (κ3) is 4.10. The summed E-state index contributed by atoms with van der Waals surface area (Å²) in [6.45, 7) is 1.74. The Kier molecular flexibility index (Phi) is 5.73. The van der Waals surface area contributed by atoms with Gasteiger partial charge in [-0.05, 0) is 49.6 Å². The number of ether oxygens (including phenoxy) is 1. The van der Waals surface area contributed by atoms with E-state index in [1.54, 1.807) is 0 Å². The number of hydrogen-bond donors (Lipinski definition) is 2. The van der Waals surface area contributed by atoms with E-state index in [0.717, 1.165) is 16.0 Å². The molecule has 1 heterocycles. The van der Waals surface area contributed by atoms with Crippen molar-refractivity contribution in [3.05, 3.63) is 59.2 Å². The molecular weight excluding hydrogens is 396 g/mol. The molecule has 2 N–H and O–H groups in total. The van der Waals surface area contributed by atoms with Gasteiger partial charge >= 0.3 is 12.6 Å². The lowest BCUT2D eigenvalue weighted by atomic mass is 9.92. The normalized spacial score (nSPS) is 18.5. The summed E-state index contributed by atoms with van der Waals surface area (Å²) < 4.78 is 28.9. The molecule has 1 aliphatic heterocycles. The molecular formula is C21H21F2N3O4. The highest BCUT2D eigenvalue weighted by atomic mass is 19.3. The van der Waals surface area contributed by atoms with Gasteiger partial charge in [-0.1, -0.05) is 30.3 Å². The molecule has 0 spiro atoms. The van der Waals surface area contributed by atoms with Crippen LogP contribution in [-0.2, 0) is 15.1 Å². The van der Waals surface area contributed by atoms with Crippen molar-refractivity contribution in [1.29, 1.82) is 0 Å². The standard InChI is InChI=1S/C21H21F2N3O4/c1-12-5-4-6-13(2)17(12)24-16(27)11-26-18(28)21(3,25-20(26)29)14-7-9-15(10-8-14)30-19(22)23/h4-10,19H,11H2,1-3H3,(H,24,27)(H,25,29)/t21-/m1/s1. The molecule has 2 aromatic rings. The van der Waals surface area contributed by atoms with Crippen molar-refractivity contribution in [2.75, 3.05) is 11.9 Å². The van der Waals surface area contributed by atoms with Crippen LogP contribution in [-0.4, -0.2) is 35.9 Å². The maximum Gasteiger partial charge on any atom is 0.387 e. The minimum Gasteiger partial charge on any atom is -0.435 e. The number of amides is 4. The van der Waals surface area contributed by atoms with Gasteiger partial charge in [-0.25, -0.2) is 4.79 Å².